The van der Waals surface area contributed by atoms with E-state index < -0.39 is 0 Å². The Morgan fingerprint density at radius 3 is 1.30 bits per heavy atom. The van der Waals surface area contributed by atoms with Crippen LogP contribution in [0.4, 0.5) is 0 Å². The molecule has 0 aromatic rings. The van der Waals surface area contributed by atoms with Crippen LogP contribution < -0.4 is 43.7 Å². The molecule has 0 nitrogen and oxygen atoms in total. The normalized spacial score (nSPS) is 14.4. The van der Waals surface area contributed by atoms with Crippen LogP contribution in [0, 0.1) is 6.42 Å². The van der Waals surface area contributed by atoms with Gasteiger partial charge in [0.1, 0.15) is 0 Å². The summed E-state index contributed by atoms with van der Waals surface area (Å²) in [5.74, 6) is 0. The van der Waals surface area contributed by atoms with Gasteiger partial charge in [0.15, 0.2) is 0 Å². The van der Waals surface area contributed by atoms with Crippen molar-refractivity contribution >= 4 is 23.1 Å². The van der Waals surface area contributed by atoms with E-state index in [4.69, 9.17) is 0 Å². The molecule has 0 spiro atoms. The SMILES string of the molecule is [CH-]1CCCCC1.[Cl-].[Cl-].[Li+].[Mg+2]. The van der Waals surface area contributed by atoms with Crippen LogP contribution in [-0.2, 0) is 0 Å². The van der Waals surface area contributed by atoms with Crippen LogP contribution in [0.1, 0.15) is 32.1 Å². The van der Waals surface area contributed by atoms with Gasteiger partial charge in [0.2, 0.25) is 0 Å². The van der Waals surface area contributed by atoms with Gasteiger partial charge in [-0.05, 0) is 0 Å². The standard InChI is InChI=1S/C6H11.2ClH.Li.Mg/c1-2-4-6-5-3-1;;;;/h1H,2-6H2;2*1H;;/q-1;;;+1;+2/p-2. The fraction of sp³-hybridized carbons (Fsp3) is 0.833. The minimum absolute atomic E-state index is 0. The zero-order chi connectivity index (χ0) is 4.24. The molecule has 1 aliphatic carbocycles. The summed E-state index contributed by atoms with van der Waals surface area (Å²) in [6.45, 7) is 0. The maximum absolute atomic E-state index is 2.39. The van der Waals surface area contributed by atoms with E-state index in [1.165, 1.54) is 32.1 Å². The van der Waals surface area contributed by atoms with Crippen molar-refractivity contribution in [2.24, 2.45) is 0 Å². The van der Waals surface area contributed by atoms with Crippen LogP contribution >= 0.6 is 0 Å². The van der Waals surface area contributed by atoms with Gasteiger partial charge in [-0.25, -0.2) is 0 Å². The van der Waals surface area contributed by atoms with Crippen LogP contribution in [0.5, 0.6) is 0 Å². The van der Waals surface area contributed by atoms with Crippen molar-refractivity contribution in [1.82, 2.24) is 0 Å². The van der Waals surface area contributed by atoms with Gasteiger partial charge in [-0.2, -0.15) is 12.8 Å². The van der Waals surface area contributed by atoms with Crippen molar-refractivity contribution in [2.45, 2.75) is 32.1 Å². The van der Waals surface area contributed by atoms with E-state index in [-0.39, 0.29) is 66.7 Å². The third-order valence-electron chi connectivity index (χ3n) is 1.32. The molecule has 0 unspecified atom stereocenters. The summed E-state index contributed by atoms with van der Waals surface area (Å²) in [6, 6.07) is 0. The molecule has 0 radical (unpaired) electrons. The topological polar surface area (TPSA) is 0 Å². The Kier molecular flexibility index (Phi) is 38.9. The van der Waals surface area contributed by atoms with Gasteiger partial charge in [-0.3, -0.25) is 0 Å². The van der Waals surface area contributed by atoms with E-state index in [0.717, 1.165) is 0 Å². The monoisotopic (exact) mass is 184 g/mol. The van der Waals surface area contributed by atoms with Gasteiger partial charge in [0.05, 0.1) is 0 Å². The van der Waals surface area contributed by atoms with Crippen molar-refractivity contribution in [3.8, 4) is 0 Å². The molecular weight excluding hydrogens is 174 g/mol. The maximum Gasteiger partial charge on any atom is 2.00 e. The Labute approximate surface area is 104 Å². The van der Waals surface area contributed by atoms with Crippen molar-refractivity contribution in [3.63, 3.8) is 0 Å². The van der Waals surface area contributed by atoms with E-state index in [0.29, 0.717) is 0 Å². The summed E-state index contributed by atoms with van der Waals surface area (Å²) in [5.41, 5.74) is 0. The average Bonchev–Trinajstić information content (AvgIpc) is 1.72. The predicted molar refractivity (Wildman–Crippen MR) is 33.1 cm³/mol. The van der Waals surface area contributed by atoms with Gasteiger partial charge in [-0.1, -0.05) is 19.3 Å². The summed E-state index contributed by atoms with van der Waals surface area (Å²) in [5, 5.41) is 0. The van der Waals surface area contributed by atoms with Crippen LogP contribution in [-0.4, -0.2) is 23.1 Å². The summed E-state index contributed by atoms with van der Waals surface area (Å²) in [7, 11) is 0. The van der Waals surface area contributed by atoms with Gasteiger partial charge in [0, 0.05) is 0 Å². The molecule has 0 atom stereocenters. The third-order valence-corrected chi connectivity index (χ3v) is 1.32. The second-order valence-corrected chi connectivity index (χ2v) is 1.93. The average molecular weight is 185 g/mol. The number of halogens is 2. The fourth-order valence-electron chi connectivity index (χ4n) is 0.898. The molecule has 0 aromatic carbocycles. The molecule has 0 heterocycles. The zero-order valence-corrected chi connectivity index (χ0v) is 9.50. The molecule has 0 aromatic heterocycles. The summed E-state index contributed by atoms with van der Waals surface area (Å²) in [6.07, 6.45) is 9.50. The summed E-state index contributed by atoms with van der Waals surface area (Å²) < 4.78 is 0. The van der Waals surface area contributed by atoms with Crippen LogP contribution in [0.15, 0.2) is 0 Å². The first-order valence-electron chi connectivity index (χ1n) is 2.82. The van der Waals surface area contributed by atoms with Gasteiger partial charge in [0.25, 0.3) is 0 Å². The molecule has 4 heteroatoms. The Bertz CT molecular complexity index is 31.2. The smallest absolute Gasteiger partial charge is 1.00 e. The molecule has 0 saturated heterocycles. The predicted octanol–water partition coefficient (Wildman–Crippen LogP) is -7.21. The first-order valence-corrected chi connectivity index (χ1v) is 2.82. The maximum atomic E-state index is 2.39. The van der Waals surface area contributed by atoms with E-state index in [2.05, 4.69) is 6.42 Å². The molecule has 0 aliphatic heterocycles. The van der Waals surface area contributed by atoms with Crippen molar-refractivity contribution in [1.29, 1.82) is 0 Å². The van der Waals surface area contributed by atoms with Crippen LogP contribution in [0.25, 0.3) is 0 Å². The Morgan fingerprint density at radius 2 is 1.20 bits per heavy atom. The first-order chi connectivity index (χ1) is 3.00. The van der Waals surface area contributed by atoms with E-state index in [9.17, 15) is 0 Å². The van der Waals surface area contributed by atoms with Crippen molar-refractivity contribution < 1.29 is 43.7 Å². The Morgan fingerprint density at radius 1 is 0.800 bits per heavy atom. The molecule has 1 fully saturated rings. The Balaban J connectivity index is -0.0000000450. The molecule has 1 aliphatic rings. The van der Waals surface area contributed by atoms with Crippen molar-refractivity contribution in [3.05, 3.63) is 6.42 Å². The fourth-order valence-corrected chi connectivity index (χ4v) is 0.898. The second-order valence-electron chi connectivity index (χ2n) is 1.93. The molecule has 0 bridgehead atoms. The largest absolute Gasteiger partial charge is 2.00 e. The molecular formula is C6H11Cl2LiMg. The van der Waals surface area contributed by atoms with Gasteiger partial charge < -0.3 is 31.2 Å². The molecule has 0 amide bonds. The molecule has 52 valence electrons. The van der Waals surface area contributed by atoms with Gasteiger partial charge >= 0.3 is 41.9 Å². The number of hydrogen-bond donors (Lipinski definition) is 0. The van der Waals surface area contributed by atoms with Crippen LogP contribution in [0.3, 0.4) is 0 Å². The molecule has 10 heavy (non-hydrogen) atoms. The number of rotatable bonds is 0. The van der Waals surface area contributed by atoms with Crippen LogP contribution in [0.2, 0.25) is 0 Å². The minimum atomic E-state index is 0. The first kappa shape index (κ1) is 22.7. The third kappa shape index (κ3) is 12.6. The quantitative estimate of drug-likeness (QED) is 0.260. The van der Waals surface area contributed by atoms with E-state index in [1.807, 2.05) is 0 Å². The molecule has 0 N–H and O–H groups in total. The molecule has 1 rings (SSSR count). The van der Waals surface area contributed by atoms with E-state index >= 15 is 0 Å². The zero-order valence-electron chi connectivity index (χ0n) is 6.58. The van der Waals surface area contributed by atoms with Crippen molar-refractivity contribution in [2.75, 3.05) is 0 Å². The van der Waals surface area contributed by atoms with Gasteiger partial charge in [-0.15, -0.1) is 0 Å². The summed E-state index contributed by atoms with van der Waals surface area (Å²) in [4.78, 5) is 0. The second kappa shape index (κ2) is 17.1. The Hall–Kier alpha value is 1.94. The minimum Gasteiger partial charge on any atom is -1.00 e. The molecule has 1 saturated carbocycles. The van der Waals surface area contributed by atoms with E-state index in [1.54, 1.807) is 0 Å². The summed E-state index contributed by atoms with van der Waals surface area (Å²) >= 11 is 0. The number of hydrogen-bond acceptors (Lipinski definition) is 0.